The van der Waals surface area contributed by atoms with Gasteiger partial charge in [0.15, 0.2) is 0 Å². The molecule has 0 aromatic carbocycles. The van der Waals surface area contributed by atoms with Crippen LogP contribution in [0.5, 0.6) is 0 Å². The lowest BCUT2D eigenvalue weighted by Crippen LogP contribution is -2.47. The summed E-state index contributed by atoms with van der Waals surface area (Å²) in [6.45, 7) is 4.31. The number of alkyl halides is 1. The van der Waals surface area contributed by atoms with Crippen LogP contribution in [0, 0.1) is 0 Å². The molecule has 0 aromatic heterocycles. The van der Waals surface area contributed by atoms with Crippen LogP contribution in [-0.4, -0.2) is 27.3 Å². The molecule has 0 aliphatic carbocycles. The molecule has 12 heavy (non-hydrogen) atoms. The summed E-state index contributed by atoms with van der Waals surface area (Å²) in [6, 6.07) is 0.909. The van der Waals surface area contributed by atoms with Crippen LogP contribution in [0.1, 0.15) is 33.1 Å². The number of carbonyl (C=O) groups excluding carboxylic acids is 1. The SMILES string of the molecule is CC1CCCC(C)N1C(=O)CI. The summed E-state index contributed by atoms with van der Waals surface area (Å²) >= 11 is 2.14. The van der Waals surface area contributed by atoms with E-state index in [1.807, 2.05) is 0 Å². The van der Waals surface area contributed by atoms with Gasteiger partial charge in [-0.2, -0.15) is 0 Å². The maximum absolute atomic E-state index is 11.5. The Morgan fingerprint density at radius 3 is 2.33 bits per heavy atom. The molecule has 2 unspecified atom stereocenters. The zero-order valence-electron chi connectivity index (χ0n) is 7.72. The van der Waals surface area contributed by atoms with E-state index >= 15 is 0 Å². The molecule has 2 nitrogen and oxygen atoms in total. The molecule has 70 valence electrons. The molecule has 1 heterocycles. The van der Waals surface area contributed by atoms with Crippen molar-refractivity contribution in [3.05, 3.63) is 0 Å². The Hall–Kier alpha value is 0.200. The standard InChI is InChI=1S/C9H16INO/c1-7-4-3-5-8(2)11(7)9(12)6-10/h7-8H,3-6H2,1-2H3. The fraction of sp³-hybridized carbons (Fsp3) is 0.889. The highest BCUT2D eigenvalue weighted by Crippen LogP contribution is 2.22. The number of rotatable bonds is 1. The smallest absolute Gasteiger partial charge is 0.232 e. The largest absolute Gasteiger partial charge is 0.337 e. The number of hydrogen-bond donors (Lipinski definition) is 0. The van der Waals surface area contributed by atoms with Gasteiger partial charge in [0.05, 0.1) is 4.43 Å². The molecule has 1 aliphatic rings. The van der Waals surface area contributed by atoms with E-state index in [9.17, 15) is 4.79 Å². The molecule has 0 N–H and O–H groups in total. The van der Waals surface area contributed by atoms with Crippen molar-refractivity contribution in [1.82, 2.24) is 4.90 Å². The van der Waals surface area contributed by atoms with Gasteiger partial charge in [-0.1, -0.05) is 22.6 Å². The highest BCUT2D eigenvalue weighted by Gasteiger charge is 2.27. The second-order valence-electron chi connectivity index (χ2n) is 3.56. The fourth-order valence-corrected chi connectivity index (χ4v) is 2.38. The molecule has 1 saturated heterocycles. The van der Waals surface area contributed by atoms with E-state index in [4.69, 9.17) is 0 Å². The van der Waals surface area contributed by atoms with Crippen molar-refractivity contribution in [2.45, 2.75) is 45.2 Å². The molecule has 0 spiro atoms. The Balaban J connectivity index is 2.62. The lowest BCUT2D eigenvalue weighted by molar-refractivity contribution is -0.133. The topological polar surface area (TPSA) is 20.3 Å². The average molecular weight is 281 g/mol. The summed E-state index contributed by atoms with van der Waals surface area (Å²) in [7, 11) is 0. The summed E-state index contributed by atoms with van der Waals surface area (Å²) in [5.74, 6) is 0.301. The third-order valence-corrected chi connectivity index (χ3v) is 3.25. The van der Waals surface area contributed by atoms with Crippen molar-refractivity contribution in [3.8, 4) is 0 Å². The third kappa shape index (κ3) is 2.12. The van der Waals surface area contributed by atoms with Gasteiger partial charge in [-0.05, 0) is 33.1 Å². The van der Waals surface area contributed by atoms with Crippen molar-refractivity contribution < 1.29 is 4.79 Å². The Labute approximate surface area is 87.8 Å². The van der Waals surface area contributed by atoms with Gasteiger partial charge in [0.25, 0.3) is 0 Å². The molecular weight excluding hydrogens is 265 g/mol. The second-order valence-corrected chi connectivity index (χ2v) is 4.33. The number of nitrogens with zero attached hydrogens (tertiary/aromatic N) is 1. The Morgan fingerprint density at radius 2 is 1.92 bits per heavy atom. The number of hydrogen-bond acceptors (Lipinski definition) is 1. The highest BCUT2D eigenvalue weighted by atomic mass is 127. The van der Waals surface area contributed by atoms with Crippen LogP contribution in [0.4, 0.5) is 0 Å². The Kier molecular flexibility index (Phi) is 3.80. The van der Waals surface area contributed by atoms with E-state index in [2.05, 4.69) is 41.3 Å². The van der Waals surface area contributed by atoms with E-state index in [1.54, 1.807) is 0 Å². The van der Waals surface area contributed by atoms with Gasteiger partial charge >= 0.3 is 0 Å². The first-order valence-electron chi connectivity index (χ1n) is 4.54. The van der Waals surface area contributed by atoms with Crippen LogP contribution in [0.3, 0.4) is 0 Å². The summed E-state index contributed by atoms with van der Waals surface area (Å²) in [5, 5.41) is 0. The average Bonchev–Trinajstić information content (AvgIpc) is 2.03. The monoisotopic (exact) mass is 281 g/mol. The summed E-state index contributed by atoms with van der Waals surface area (Å²) in [6.07, 6.45) is 3.62. The van der Waals surface area contributed by atoms with Crippen LogP contribution in [0.25, 0.3) is 0 Å². The van der Waals surface area contributed by atoms with Gasteiger partial charge in [0, 0.05) is 12.1 Å². The van der Waals surface area contributed by atoms with Crippen molar-refractivity contribution in [3.63, 3.8) is 0 Å². The first-order chi connectivity index (χ1) is 5.66. The minimum atomic E-state index is 0.301. The zero-order valence-corrected chi connectivity index (χ0v) is 9.87. The van der Waals surface area contributed by atoms with Crippen LogP contribution < -0.4 is 0 Å². The minimum absolute atomic E-state index is 0.301. The summed E-state index contributed by atoms with van der Waals surface area (Å²) in [4.78, 5) is 13.6. The number of piperidine rings is 1. The summed E-state index contributed by atoms with van der Waals surface area (Å²) < 4.78 is 0.617. The van der Waals surface area contributed by atoms with Crippen molar-refractivity contribution in [1.29, 1.82) is 0 Å². The quantitative estimate of drug-likeness (QED) is 0.533. The van der Waals surface area contributed by atoms with Gasteiger partial charge in [-0.3, -0.25) is 4.79 Å². The van der Waals surface area contributed by atoms with Crippen LogP contribution in [0.15, 0.2) is 0 Å². The highest BCUT2D eigenvalue weighted by molar-refractivity contribution is 14.1. The van der Waals surface area contributed by atoms with Gasteiger partial charge < -0.3 is 4.90 Å². The lowest BCUT2D eigenvalue weighted by Gasteiger charge is -2.38. The van der Waals surface area contributed by atoms with Gasteiger partial charge in [-0.15, -0.1) is 0 Å². The molecule has 2 atom stereocenters. The zero-order chi connectivity index (χ0) is 9.14. The van der Waals surface area contributed by atoms with E-state index < -0.39 is 0 Å². The van der Waals surface area contributed by atoms with E-state index in [0.717, 1.165) is 0 Å². The number of likely N-dealkylation sites (tertiary alicyclic amines) is 1. The maximum atomic E-state index is 11.5. The van der Waals surface area contributed by atoms with Gasteiger partial charge in [0.1, 0.15) is 0 Å². The molecule has 1 aliphatic heterocycles. The van der Waals surface area contributed by atoms with E-state index in [-0.39, 0.29) is 0 Å². The first-order valence-corrected chi connectivity index (χ1v) is 6.06. The normalized spacial score (nSPS) is 30.4. The second kappa shape index (κ2) is 4.44. The molecule has 0 aromatic rings. The van der Waals surface area contributed by atoms with Crippen molar-refractivity contribution in [2.75, 3.05) is 4.43 Å². The molecule has 0 radical (unpaired) electrons. The Morgan fingerprint density at radius 1 is 1.42 bits per heavy atom. The molecule has 3 heteroatoms. The first kappa shape index (κ1) is 10.3. The lowest BCUT2D eigenvalue weighted by atomic mass is 9.98. The molecular formula is C9H16INO. The fourth-order valence-electron chi connectivity index (χ4n) is 1.98. The molecule has 1 fully saturated rings. The number of carbonyl (C=O) groups is 1. The van der Waals surface area contributed by atoms with Crippen LogP contribution in [-0.2, 0) is 4.79 Å². The molecule has 0 saturated carbocycles. The minimum Gasteiger partial charge on any atom is -0.337 e. The van der Waals surface area contributed by atoms with Gasteiger partial charge in [0.2, 0.25) is 5.91 Å². The summed E-state index contributed by atoms with van der Waals surface area (Å²) in [5.41, 5.74) is 0. The van der Waals surface area contributed by atoms with Crippen LogP contribution in [0.2, 0.25) is 0 Å². The predicted molar refractivity (Wildman–Crippen MR) is 58.5 cm³/mol. The van der Waals surface area contributed by atoms with E-state index in [0.29, 0.717) is 22.4 Å². The molecule has 1 rings (SSSR count). The molecule has 1 amide bonds. The Bertz CT molecular complexity index is 162. The van der Waals surface area contributed by atoms with Gasteiger partial charge in [-0.25, -0.2) is 0 Å². The number of amides is 1. The maximum Gasteiger partial charge on any atom is 0.232 e. The van der Waals surface area contributed by atoms with Crippen molar-refractivity contribution in [2.24, 2.45) is 0 Å². The van der Waals surface area contributed by atoms with E-state index in [1.165, 1.54) is 19.3 Å². The van der Waals surface area contributed by atoms with Crippen LogP contribution >= 0.6 is 22.6 Å². The predicted octanol–water partition coefficient (Wildman–Crippen LogP) is 2.21. The third-order valence-electron chi connectivity index (χ3n) is 2.60. The number of halogens is 1. The molecule has 0 bridgehead atoms. The van der Waals surface area contributed by atoms with Crippen molar-refractivity contribution >= 4 is 28.5 Å².